The van der Waals surface area contributed by atoms with Crippen molar-refractivity contribution in [1.29, 1.82) is 0 Å². The highest BCUT2D eigenvalue weighted by atomic mass is 16.1. The van der Waals surface area contributed by atoms with E-state index >= 15 is 0 Å². The molecule has 0 unspecified atom stereocenters. The molecular weight excluding hydrogens is 164 g/mol. The van der Waals surface area contributed by atoms with Crippen LogP contribution in [0, 0.1) is 6.92 Å². The predicted octanol–water partition coefficient (Wildman–Crippen LogP) is 1.19. The summed E-state index contributed by atoms with van der Waals surface area (Å²) in [5.74, 6) is -0.166. The normalized spacial score (nSPS) is 9.31. The second-order valence-corrected chi connectivity index (χ2v) is 2.73. The van der Waals surface area contributed by atoms with Crippen LogP contribution in [0.15, 0.2) is 31.0 Å². The van der Waals surface area contributed by atoms with Gasteiger partial charge in [0.05, 0.1) is 0 Å². The SMILES string of the molecule is C=CC(=O)NCc1ccc(C)nc1. The van der Waals surface area contributed by atoms with E-state index in [2.05, 4.69) is 16.9 Å². The fourth-order valence-corrected chi connectivity index (χ4v) is 0.864. The number of carbonyl (C=O) groups excluding carboxylic acids is 1. The minimum atomic E-state index is -0.166. The summed E-state index contributed by atoms with van der Waals surface area (Å²) in [5, 5.41) is 2.67. The predicted molar refractivity (Wildman–Crippen MR) is 51.0 cm³/mol. The van der Waals surface area contributed by atoms with E-state index in [0.717, 1.165) is 11.3 Å². The fraction of sp³-hybridized carbons (Fsp3) is 0.200. The van der Waals surface area contributed by atoms with Crippen LogP contribution < -0.4 is 5.32 Å². The van der Waals surface area contributed by atoms with E-state index in [4.69, 9.17) is 0 Å². The Morgan fingerprint density at radius 3 is 3.00 bits per heavy atom. The molecule has 0 radical (unpaired) electrons. The molecule has 1 aromatic heterocycles. The van der Waals surface area contributed by atoms with Crippen LogP contribution in [0.4, 0.5) is 0 Å². The standard InChI is InChI=1S/C10H12N2O/c1-3-10(13)12-7-9-5-4-8(2)11-6-9/h3-6H,1,7H2,2H3,(H,12,13). The second kappa shape index (κ2) is 4.40. The first-order chi connectivity index (χ1) is 6.22. The monoisotopic (exact) mass is 176 g/mol. The lowest BCUT2D eigenvalue weighted by molar-refractivity contribution is -0.116. The molecule has 1 rings (SSSR count). The molecule has 0 aliphatic carbocycles. The van der Waals surface area contributed by atoms with E-state index in [1.807, 2.05) is 19.1 Å². The van der Waals surface area contributed by atoms with Crippen LogP contribution in [-0.2, 0) is 11.3 Å². The molecule has 13 heavy (non-hydrogen) atoms. The number of carbonyl (C=O) groups is 1. The number of hydrogen-bond donors (Lipinski definition) is 1. The van der Waals surface area contributed by atoms with Crippen molar-refractivity contribution in [2.24, 2.45) is 0 Å². The Morgan fingerprint density at radius 2 is 2.46 bits per heavy atom. The smallest absolute Gasteiger partial charge is 0.243 e. The molecule has 0 fully saturated rings. The Kier molecular flexibility index (Phi) is 3.20. The highest BCUT2D eigenvalue weighted by Gasteiger charge is 1.95. The molecule has 0 aliphatic heterocycles. The van der Waals surface area contributed by atoms with Gasteiger partial charge in [0, 0.05) is 18.4 Å². The highest BCUT2D eigenvalue weighted by Crippen LogP contribution is 1.98. The van der Waals surface area contributed by atoms with Crippen LogP contribution in [0.25, 0.3) is 0 Å². The summed E-state index contributed by atoms with van der Waals surface area (Å²) in [6.07, 6.45) is 3.00. The van der Waals surface area contributed by atoms with E-state index in [1.54, 1.807) is 6.20 Å². The van der Waals surface area contributed by atoms with Crippen LogP contribution in [0.3, 0.4) is 0 Å². The average molecular weight is 176 g/mol. The molecule has 3 nitrogen and oxygen atoms in total. The van der Waals surface area contributed by atoms with Crippen molar-refractivity contribution in [2.45, 2.75) is 13.5 Å². The van der Waals surface area contributed by atoms with Crippen LogP contribution in [0.1, 0.15) is 11.3 Å². The van der Waals surface area contributed by atoms with E-state index in [9.17, 15) is 4.79 Å². The summed E-state index contributed by atoms with van der Waals surface area (Å²) in [5.41, 5.74) is 1.96. The molecule has 68 valence electrons. The molecule has 1 amide bonds. The largest absolute Gasteiger partial charge is 0.348 e. The third-order valence-corrected chi connectivity index (χ3v) is 1.62. The number of rotatable bonds is 3. The molecule has 0 aromatic carbocycles. The molecule has 0 atom stereocenters. The first kappa shape index (κ1) is 9.45. The van der Waals surface area contributed by atoms with Crippen molar-refractivity contribution < 1.29 is 4.79 Å². The zero-order valence-corrected chi connectivity index (χ0v) is 7.58. The Hall–Kier alpha value is -1.64. The van der Waals surface area contributed by atoms with E-state index < -0.39 is 0 Å². The van der Waals surface area contributed by atoms with Crippen LogP contribution >= 0.6 is 0 Å². The van der Waals surface area contributed by atoms with Gasteiger partial charge in [0.1, 0.15) is 0 Å². The number of aryl methyl sites for hydroxylation is 1. The second-order valence-electron chi connectivity index (χ2n) is 2.73. The molecular formula is C10H12N2O. The molecule has 0 saturated carbocycles. The van der Waals surface area contributed by atoms with Crippen LogP contribution in [0.2, 0.25) is 0 Å². The minimum absolute atomic E-state index is 0.166. The van der Waals surface area contributed by atoms with Gasteiger partial charge in [-0.2, -0.15) is 0 Å². The van der Waals surface area contributed by atoms with Crippen LogP contribution in [0.5, 0.6) is 0 Å². The molecule has 1 aromatic rings. The average Bonchev–Trinajstić information content (AvgIpc) is 2.16. The molecule has 0 bridgehead atoms. The molecule has 1 N–H and O–H groups in total. The molecule has 0 spiro atoms. The Balaban J connectivity index is 2.50. The Labute approximate surface area is 77.5 Å². The fourth-order valence-electron chi connectivity index (χ4n) is 0.864. The Morgan fingerprint density at radius 1 is 1.69 bits per heavy atom. The maximum Gasteiger partial charge on any atom is 0.243 e. The van der Waals surface area contributed by atoms with Gasteiger partial charge < -0.3 is 5.32 Å². The zero-order chi connectivity index (χ0) is 9.68. The van der Waals surface area contributed by atoms with Gasteiger partial charge in [0.25, 0.3) is 0 Å². The van der Waals surface area contributed by atoms with Crippen molar-refractivity contribution in [2.75, 3.05) is 0 Å². The lowest BCUT2D eigenvalue weighted by atomic mass is 10.2. The maximum absolute atomic E-state index is 10.8. The van der Waals surface area contributed by atoms with Gasteiger partial charge in [-0.15, -0.1) is 0 Å². The first-order valence-electron chi connectivity index (χ1n) is 4.04. The van der Waals surface area contributed by atoms with Gasteiger partial charge in [-0.05, 0) is 24.6 Å². The van der Waals surface area contributed by atoms with Gasteiger partial charge in [0.15, 0.2) is 0 Å². The van der Waals surface area contributed by atoms with Crippen molar-refractivity contribution in [3.63, 3.8) is 0 Å². The van der Waals surface area contributed by atoms with Crippen molar-refractivity contribution in [3.05, 3.63) is 42.2 Å². The molecule has 1 heterocycles. The van der Waals surface area contributed by atoms with Crippen molar-refractivity contribution >= 4 is 5.91 Å². The number of pyridine rings is 1. The van der Waals surface area contributed by atoms with E-state index in [0.29, 0.717) is 6.54 Å². The summed E-state index contributed by atoms with van der Waals surface area (Å²) in [6.45, 7) is 5.78. The minimum Gasteiger partial charge on any atom is -0.348 e. The van der Waals surface area contributed by atoms with E-state index in [-0.39, 0.29) is 5.91 Å². The zero-order valence-electron chi connectivity index (χ0n) is 7.58. The van der Waals surface area contributed by atoms with E-state index in [1.165, 1.54) is 6.08 Å². The highest BCUT2D eigenvalue weighted by molar-refractivity contribution is 5.86. The summed E-state index contributed by atoms with van der Waals surface area (Å²) in [7, 11) is 0. The number of hydrogen-bond acceptors (Lipinski definition) is 2. The number of amides is 1. The third-order valence-electron chi connectivity index (χ3n) is 1.62. The summed E-state index contributed by atoms with van der Waals surface area (Å²) in [4.78, 5) is 14.9. The van der Waals surface area contributed by atoms with Gasteiger partial charge in [-0.25, -0.2) is 0 Å². The number of nitrogens with zero attached hydrogens (tertiary/aromatic N) is 1. The number of aromatic nitrogens is 1. The topological polar surface area (TPSA) is 42.0 Å². The van der Waals surface area contributed by atoms with Crippen molar-refractivity contribution in [3.8, 4) is 0 Å². The van der Waals surface area contributed by atoms with Gasteiger partial charge in [0.2, 0.25) is 5.91 Å². The molecule has 3 heteroatoms. The Bertz CT molecular complexity index is 303. The van der Waals surface area contributed by atoms with Gasteiger partial charge >= 0.3 is 0 Å². The molecule has 0 aliphatic rings. The van der Waals surface area contributed by atoms with Crippen LogP contribution in [-0.4, -0.2) is 10.9 Å². The van der Waals surface area contributed by atoms with Gasteiger partial charge in [-0.3, -0.25) is 9.78 Å². The van der Waals surface area contributed by atoms with Crippen molar-refractivity contribution in [1.82, 2.24) is 10.3 Å². The first-order valence-corrected chi connectivity index (χ1v) is 4.04. The quantitative estimate of drug-likeness (QED) is 0.703. The summed E-state index contributed by atoms with van der Waals surface area (Å²) >= 11 is 0. The summed E-state index contributed by atoms with van der Waals surface area (Å²) in [6, 6.07) is 3.85. The molecule has 0 saturated heterocycles. The lowest BCUT2D eigenvalue weighted by Crippen LogP contribution is -2.19. The third kappa shape index (κ3) is 3.07. The summed E-state index contributed by atoms with van der Waals surface area (Å²) < 4.78 is 0. The van der Waals surface area contributed by atoms with Gasteiger partial charge in [-0.1, -0.05) is 12.6 Å². The lowest BCUT2D eigenvalue weighted by Gasteiger charge is -2.01. The number of nitrogens with one attached hydrogen (secondary N) is 1. The maximum atomic E-state index is 10.8.